The lowest BCUT2D eigenvalue weighted by Gasteiger charge is -2.32. The number of unbranched alkanes of at least 4 members (excludes halogenated alkanes) is 1. The predicted molar refractivity (Wildman–Crippen MR) is 119 cm³/mol. The van der Waals surface area contributed by atoms with Crippen LogP contribution in [0.3, 0.4) is 0 Å². The molecule has 0 saturated carbocycles. The summed E-state index contributed by atoms with van der Waals surface area (Å²) in [5, 5.41) is 6.43. The normalized spacial score (nSPS) is 18.0. The molecule has 1 aliphatic rings. The summed E-state index contributed by atoms with van der Waals surface area (Å²) in [6, 6.07) is 8.73. The van der Waals surface area contributed by atoms with Gasteiger partial charge in [-0.1, -0.05) is 50.1 Å². The van der Waals surface area contributed by atoms with Crippen molar-refractivity contribution in [1.29, 1.82) is 0 Å². The molecule has 0 bridgehead atoms. The summed E-state index contributed by atoms with van der Waals surface area (Å²) < 4.78 is 0. The Morgan fingerprint density at radius 1 is 1.28 bits per heavy atom. The van der Waals surface area contributed by atoms with E-state index in [1.807, 2.05) is 44.2 Å². The highest BCUT2D eigenvalue weighted by molar-refractivity contribution is 5.86. The molecule has 0 aliphatic carbocycles. The van der Waals surface area contributed by atoms with Gasteiger partial charge in [-0.15, -0.1) is 5.06 Å². The fraction of sp³-hybridized carbons (Fsp3) is 0.565. The monoisotopic (exact) mass is 446 g/mol. The van der Waals surface area contributed by atoms with Gasteiger partial charge in [0.2, 0.25) is 5.91 Å². The van der Waals surface area contributed by atoms with Crippen LogP contribution >= 0.6 is 0 Å². The van der Waals surface area contributed by atoms with Gasteiger partial charge in [-0.3, -0.25) is 4.79 Å². The van der Waals surface area contributed by atoms with E-state index >= 15 is 0 Å². The smallest absolute Gasteiger partial charge is 0.349 e. The first kappa shape index (κ1) is 25.2. The first-order valence-electron chi connectivity index (χ1n) is 10.9. The van der Waals surface area contributed by atoms with Crippen molar-refractivity contribution in [3.63, 3.8) is 0 Å². The number of aldehydes is 1. The number of nitrogens with one attached hydrogen (secondary N) is 2. The largest absolute Gasteiger partial charge is 0.432 e. The minimum absolute atomic E-state index is 0.236. The molecule has 0 radical (unpaired) electrons. The van der Waals surface area contributed by atoms with E-state index in [0.717, 1.165) is 17.0 Å². The standard InChI is InChI=1S/C23H34N4O5/c1-6-7-13-23(16-28,14-19(29)24-17(2)18-11-9-8-10-12-18)25-20(30)32-27-21(31)26(5)15-22(27,3)4/h8-12,16-17H,6-7,13-15H2,1-5H3,(H,24,29)(H,25,30)/t17-,23-/m1/s1. The minimum atomic E-state index is -1.44. The molecular formula is C23H34N4O5. The summed E-state index contributed by atoms with van der Waals surface area (Å²) in [6.45, 7) is 7.72. The second-order valence-corrected chi connectivity index (χ2v) is 9.00. The van der Waals surface area contributed by atoms with Gasteiger partial charge in [0.05, 0.1) is 18.0 Å². The maximum atomic E-state index is 12.8. The van der Waals surface area contributed by atoms with Gasteiger partial charge in [-0.25, -0.2) is 9.59 Å². The number of carbonyl (C=O) groups excluding carboxylic acids is 4. The Morgan fingerprint density at radius 3 is 2.47 bits per heavy atom. The lowest BCUT2D eigenvalue weighted by atomic mass is 9.90. The molecule has 0 spiro atoms. The van der Waals surface area contributed by atoms with E-state index in [1.165, 1.54) is 4.90 Å². The van der Waals surface area contributed by atoms with Crippen molar-refractivity contribution in [2.24, 2.45) is 0 Å². The quantitative estimate of drug-likeness (QED) is 0.537. The predicted octanol–water partition coefficient (Wildman–Crippen LogP) is 3.17. The van der Waals surface area contributed by atoms with E-state index < -0.39 is 23.2 Å². The molecule has 2 atom stereocenters. The number of hydroxylamine groups is 2. The Bertz CT molecular complexity index is 829. The summed E-state index contributed by atoms with van der Waals surface area (Å²) >= 11 is 0. The highest BCUT2D eigenvalue weighted by Crippen LogP contribution is 2.26. The first-order chi connectivity index (χ1) is 15.0. The topological polar surface area (TPSA) is 108 Å². The minimum Gasteiger partial charge on any atom is -0.349 e. The van der Waals surface area contributed by atoms with Crippen molar-refractivity contribution in [2.75, 3.05) is 13.6 Å². The number of benzene rings is 1. The SMILES string of the molecule is CCCC[C@](C=O)(CC(=O)N[C@H](C)c1ccccc1)NC(=O)ON1C(=O)N(C)CC1(C)C. The zero-order valence-electron chi connectivity index (χ0n) is 19.5. The molecule has 9 heteroatoms. The van der Waals surface area contributed by atoms with Crippen molar-refractivity contribution in [3.05, 3.63) is 35.9 Å². The van der Waals surface area contributed by atoms with Crippen molar-refractivity contribution in [2.45, 2.75) is 70.5 Å². The number of rotatable bonds is 10. The van der Waals surface area contributed by atoms with Crippen LogP contribution in [-0.2, 0) is 14.4 Å². The summed E-state index contributed by atoms with van der Waals surface area (Å²) in [5.74, 6) is -0.373. The molecular weight excluding hydrogens is 412 g/mol. The average molecular weight is 447 g/mol. The van der Waals surface area contributed by atoms with E-state index in [2.05, 4.69) is 10.6 Å². The third-order valence-electron chi connectivity index (χ3n) is 5.55. The molecule has 1 aromatic rings. The van der Waals surface area contributed by atoms with Crippen LogP contribution in [0.1, 0.15) is 65.0 Å². The lowest BCUT2D eigenvalue weighted by molar-refractivity contribution is -0.128. The van der Waals surface area contributed by atoms with Crippen LogP contribution in [0.4, 0.5) is 9.59 Å². The van der Waals surface area contributed by atoms with Crippen molar-refractivity contribution >= 4 is 24.3 Å². The molecule has 1 heterocycles. The zero-order valence-corrected chi connectivity index (χ0v) is 19.5. The highest BCUT2D eigenvalue weighted by Gasteiger charge is 2.45. The Labute approximate surface area is 189 Å². The molecule has 32 heavy (non-hydrogen) atoms. The van der Waals surface area contributed by atoms with Gasteiger partial charge in [-0.05, 0) is 32.8 Å². The molecule has 2 N–H and O–H groups in total. The van der Waals surface area contributed by atoms with Crippen LogP contribution in [0.25, 0.3) is 0 Å². The number of carbonyl (C=O) groups is 4. The Morgan fingerprint density at radius 2 is 1.94 bits per heavy atom. The highest BCUT2D eigenvalue weighted by atomic mass is 16.7. The molecule has 1 aromatic carbocycles. The van der Waals surface area contributed by atoms with Crippen LogP contribution in [-0.4, -0.2) is 59.0 Å². The van der Waals surface area contributed by atoms with E-state index in [-0.39, 0.29) is 24.8 Å². The van der Waals surface area contributed by atoms with Crippen LogP contribution in [0.2, 0.25) is 0 Å². The van der Waals surface area contributed by atoms with Gasteiger partial charge >= 0.3 is 12.1 Å². The maximum Gasteiger partial charge on any atom is 0.432 e. The van der Waals surface area contributed by atoms with Crippen LogP contribution in [0.5, 0.6) is 0 Å². The van der Waals surface area contributed by atoms with Crippen LogP contribution in [0.15, 0.2) is 30.3 Å². The number of hydrogen-bond acceptors (Lipinski definition) is 5. The fourth-order valence-electron chi connectivity index (χ4n) is 3.82. The van der Waals surface area contributed by atoms with Gasteiger partial charge in [-0.2, -0.15) is 0 Å². The maximum absolute atomic E-state index is 12.8. The summed E-state index contributed by atoms with van der Waals surface area (Å²) in [5.41, 5.74) is -1.23. The Kier molecular flexibility index (Phi) is 8.24. The van der Waals surface area contributed by atoms with Gasteiger partial charge in [0.25, 0.3) is 0 Å². The number of urea groups is 1. The number of nitrogens with zero attached hydrogens (tertiary/aromatic N) is 2. The molecule has 1 aliphatic heterocycles. The van der Waals surface area contributed by atoms with E-state index in [1.54, 1.807) is 20.9 Å². The van der Waals surface area contributed by atoms with Crippen molar-refractivity contribution < 1.29 is 24.0 Å². The molecule has 9 nitrogen and oxygen atoms in total. The second kappa shape index (κ2) is 10.5. The number of hydrogen-bond donors (Lipinski definition) is 2. The molecule has 4 amide bonds. The van der Waals surface area contributed by atoms with Crippen molar-refractivity contribution in [3.8, 4) is 0 Å². The molecule has 2 rings (SSSR count). The summed E-state index contributed by atoms with van der Waals surface area (Å²) in [7, 11) is 1.61. The first-order valence-corrected chi connectivity index (χ1v) is 10.9. The van der Waals surface area contributed by atoms with Gasteiger partial charge in [0, 0.05) is 13.6 Å². The molecule has 1 fully saturated rings. The average Bonchev–Trinajstić information content (AvgIpc) is 2.94. The molecule has 0 aromatic heterocycles. The third-order valence-corrected chi connectivity index (χ3v) is 5.55. The van der Waals surface area contributed by atoms with Gasteiger partial charge in [0.15, 0.2) is 0 Å². The Balaban J connectivity index is 2.10. The summed E-state index contributed by atoms with van der Waals surface area (Å²) in [4.78, 5) is 56.6. The van der Waals surface area contributed by atoms with E-state index in [9.17, 15) is 19.2 Å². The van der Waals surface area contributed by atoms with E-state index in [4.69, 9.17) is 4.84 Å². The lowest BCUT2D eigenvalue weighted by Crippen LogP contribution is -2.55. The molecule has 0 unspecified atom stereocenters. The third kappa shape index (κ3) is 6.21. The fourth-order valence-corrected chi connectivity index (χ4v) is 3.82. The molecule has 1 saturated heterocycles. The van der Waals surface area contributed by atoms with Crippen LogP contribution in [0, 0.1) is 0 Å². The number of amides is 4. The number of likely N-dealkylation sites (N-methyl/N-ethyl adjacent to an activating group) is 1. The van der Waals surface area contributed by atoms with E-state index in [0.29, 0.717) is 19.3 Å². The summed E-state index contributed by atoms with van der Waals surface area (Å²) in [6.07, 6.45) is 1.06. The van der Waals surface area contributed by atoms with Gasteiger partial charge in [0.1, 0.15) is 11.8 Å². The van der Waals surface area contributed by atoms with Crippen molar-refractivity contribution in [1.82, 2.24) is 20.6 Å². The van der Waals surface area contributed by atoms with Crippen LogP contribution < -0.4 is 10.6 Å². The molecule has 176 valence electrons. The zero-order chi connectivity index (χ0) is 23.9. The second-order valence-electron chi connectivity index (χ2n) is 9.00. The Hall–Kier alpha value is -3.10. The van der Waals surface area contributed by atoms with Gasteiger partial charge < -0.3 is 25.2 Å².